The van der Waals surface area contributed by atoms with Crippen molar-refractivity contribution < 1.29 is 4.79 Å². The summed E-state index contributed by atoms with van der Waals surface area (Å²) in [6.07, 6.45) is 2.18. The topological polar surface area (TPSA) is 67.8 Å². The fourth-order valence-corrected chi connectivity index (χ4v) is 2.66. The van der Waals surface area contributed by atoms with Gasteiger partial charge < -0.3 is 0 Å². The lowest BCUT2D eigenvalue weighted by atomic mass is 10.2. The highest BCUT2D eigenvalue weighted by molar-refractivity contribution is 7.22. The molecule has 100 valence electrons. The summed E-state index contributed by atoms with van der Waals surface area (Å²) in [4.78, 5) is 24.6. The largest absolute Gasteiger partial charge is 0.296 e. The first-order valence-corrected chi connectivity index (χ1v) is 7.06. The number of aryl methyl sites for hydroxylation is 1. The van der Waals surface area contributed by atoms with Gasteiger partial charge in [-0.2, -0.15) is 0 Å². The van der Waals surface area contributed by atoms with Crippen LogP contribution in [-0.4, -0.2) is 20.9 Å². The Labute approximate surface area is 119 Å². The van der Waals surface area contributed by atoms with Gasteiger partial charge in [-0.05, 0) is 24.6 Å². The molecular formula is C14H12N4OS. The fourth-order valence-electron chi connectivity index (χ4n) is 1.80. The Balaban J connectivity index is 1.84. The third-order valence-electron chi connectivity index (χ3n) is 2.83. The maximum Gasteiger partial charge on any atom is 0.276 e. The number of hydrogen-bond acceptors (Lipinski definition) is 5. The van der Waals surface area contributed by atoms with Crippen molar-refractivity contribution in [3.05, 3.63) is 48.0 Å². The lowest BCUT2D eigenvalue weighted by Crippen LogP contribution is -2.14. The standard InChI is InChI=1S/C14H12N4OS/c1-2-9-7-11(16-8-15-9)13(19)18-14-17-10-5-3-4-6-12(10)20-14/h3-8H,2H2,1H3,(H,17,18,19). The molecular weight excluding hydrogens is 272 g/mol. The van der Waals surface area contributed by atoms with E-state index in [1.807, 2.05) is 31.2 Å². The zero-order chi connectivity index (χ0) is 13.9. The van der Waals surface area contributed by atoms with E-state index in [1.54, 1.807) is 6.07 Å². The van der Waals surface area contributed by atoms with Crippen LogP contribution in [0.1, 0.15) is 23.1 Å². The number of fused-ring (bicyclic) bond motifs is 1. The summed E-state index contributed by atoms with van der Waals surface area (Å²) in [5.41, 5.74) is 2.08. The third-order valence-corrected chi connectivity index (χ3v) is 3.78. The van der Waals surface area contributed by atoms with Crippen molar-refractivity contribution >= 4 is 32.6 Å². The lowest BCUT2D eigenvalue weighted by molar-refractivity contribution is 0.102. The molecule has 6 heteroatoms. The number of carbonyl (C=O) groups is 1. The molecule has 1 N–H and O–H groups in total. The molecule has 0 atom stereocenters. The van der Waals surface area contributed by atoms with Crippen LogP contribution in [0.15, 0.2) is 36.7 Å². The normalized spacial score (nSPS) is 10.7. The van der Waals surface area contributed by atoms with Gasteiger partial charge in [0.2, 0.25) is 0 Å². The summed E-state index contributed by atoms with van der Waals surface area (Å²) in [6.45, 7) is 1.98. The van der Waals surface area contributed by atoms with Crippen LogP contribution < -0.4 is 5.32 Å². The molecule has 5 nitrogen and oxygen atoms in total. The predicted molar refractivity (Wildman–Crippen MR) is 79.0 cm³/mol. The fraction of sp³-hybridized carbons (Fsp3) is 0.143. The number of nitrogens with zero attached hydrogens (tertiary/aromatic N) is 3. The number of rotatable bonds is 3. The number of hydrogen-bond donors (Lipinski definition) is 1. The van der Waals surface area contributed by atoms with Gasteiger partial charge in [-0.15, -0.1) is 0 Å². The highest BCUT2D eigenvalue weighted by Crippen LogP contribution is 2.25. The van der Waals surface area contributed by atoms with Crippen LogP contribution in [0.4, 0.5) is 5.13 Å². The molecule has 1 amide bonds. The second-order valence-corrected chi connectivity index (χ2v) is 5.22. The van der Waals surface area contributed by atoms with E-state index < -0.39 is 0 Å². The zero-order valence-corrected chi connectivity index (χ0v) is 11.6. The Morgan fingerprint density at radius 2 is 2.15 bits per heavy atom. The summed E-state index contributed by atoms with van der Waals surface area (Å²) in [6, 6.07) is 9.46. The molecule has 1 aromatic carbocycles. The maximum absolute atomic E-state index is 12.1. The minimum atomic E-state index is -0.263. The molecule has 3 aromatic rings. The summed E-state index contributed by atoms with van der Waals surface area (Å²) in [5, 5.41) is 3.35. The molecule has 3 rings (SSSR count). The lowest BCUT2D eigenvalue weighted by Gasteiger charge is -2.01. The highest BCUT2D eigenvalue weighted by Gasteiger charge is 2.11. The van der Waals surface area contributed by atoms with Gasteiger partial charge in [0.15, 0.2) is 5.13 Å². The summed E-state index contributed by atoms with van der Waals surface area (Å²) < 4.78 is 1.04. The van der Waals surface area contributed by atoms with E-state index in [0.717, 1.165) is 22.3 Å². The second-order valence-electron chi connectivity index (χ2n) is 4.19. The molecule has 0 aliphatic carbocycles. The number of benzene rings is 1. The van der Waals surface area contributed by atoms with Gasteiger partial charge >= 0.3 is 0 Å². The van der Waals surface area contributed by atoms with E-state index in [0.29, 0.717) is 10.8 Å². The third kappa shape index (κ3) is 2.50. The monoisotopic (exact) mass is 284 g/mol. The van der Waals surface area contributed by atoms with Crippen molar-refractivity contribution in [1.82, 2.24) is 15.0 Å². The summed E-state index contributed by atoms with van der Waals surface area (Å²) in [7, 11) is 0. The Hall–Kier alpha value is -2.34. The van der Waals surface area contributed by atoms with Crippen LogP contribution in [-0.2, 0) is 6.42 Å². The predicted octanol–water partition coefficient (Wildman–Crippen LogP) is 2.90. The Kier molecular flexibility index (Phi) is 3.39. The molecule has 0 spiro atoms. The van der Waals surface area contributed by atoms with Crippen LogP contribution in [0.5, 0.6) is 0 Å². The van der Waals surface area contributed by atoms with Crippen LogP contribution in [0, 0.1) is 0 Å². The van der Waals surface area contributed by atoms with Crippen molar-refractivity contribution in [2.24, 2.45) is 0 Å². The first kappa shape index (κ1) is 12.7. The molecule has 0 radical (unpaired) electrons. The number of carbonyl (C=O) groups excluding carboxylic acids is 1. The van der Waals surface area contributed by atoms with E-state index in [1.165, 1.54) is 17.7 Å². The molecule has 0 bridgehead atoms. The van der Waals surface area contributed by atoms with E-state index >= 15 is 0 Å². The number of aromatic nitrogens is 3. The molecule has 2 aromatic heterocycles. The minimum absolute atomic E-state index is 0.263. The van der Waals surface area contributed by atoms with Crippen molar-refractivity contribution in [3.8, 4) is 0 Å². The van der Waals surface area contributed by atoms with Crippen LogP contribution in [0.3, 0.4) is 0 Å². The van der Waals surface area contributed by atoms with E-state index in [-0.39, 0.29) is 5.91 Å². The average molecular weight is 284 g/mol. The molecule has 0 fully saturated rings. The molecule has 0 aliphatic rings. The summed E-state index contributed by atoms with van der Waals surface area (Å²) in [5.74, 6) is -0.263. The van der Waals surface area contributed by atoms with Gasteiger partial charge in [0, 0.05) is 5.69 Å². The van der Waals surface area contributed by atoms with Crippen LogP contribution in [0.2, 0.25) is 0 Å². The number of nitrogens with one attached hydrogen (secondary N) is 1. The van der Waals surface area contributed by atoms with Gasteiger partial charge in [-0.3, -0.25) is 10.1 Å². The molecule has 0 unspecified atom stereocenters. The van der Waals surface area contributed by atoms with E-state index in [2.05, 4.69) is 20.3 Å². The first-order valence-electron chi connectivity index (χ1n) is 6.24. The van der Waals surface area contributed by atoms with Crippen molar-refractivity contribution in [2.45, 2.75) is 13.3 Å². The quantitative estimate of drug-likeness (QED) is 0.803. The Morgan fingerprint density at radius 3 is 2.95 bits per heavy atom. The van der Waals surface area contributed by atoms with E-state index in [9.17, 15) is 4.79 Å². The minimum Gasteiger partial charge on any atom is -0.296 e. The smallest absolute Gasteiger partial charge is 0.276 e. The van der Waals surface area contributed by atoms with Crippen molar-refractivity contribution in [2.75, 3.05) is 5.32 Å². The Morgan fingerprint density at radius 1 is 1.30 bits per heavy atom. The summed E-state index contributed by atoms with van der Waals surface area (Å²) >= 11 is 1.44. The van der Waals surface area contributed by atoms with Crippen molar-refractivity contribution in [1.29, 1.82) is 0 Å². The number of anilines is 1. The van der Waals surface area contributed by atoms with Crippen molar-refractivity contribution in [3.63, 3.8) is 0 Å². The van der Waals surface area contributed by atoms with Gasteiger partial charge in [-0.1, -0.05) is 30.4 Å². The first-order chi connectivity index (χ1) is 9.76. The van der Waals surface area contributed by atoms with Gasteiger partial charge in [0.1, 0.15) is 12.0 Å². The molecule has 20 heavy (non-hydrogen) atoms. The number of thiazole rings is 1. The Bertz CT molecular complexity index is 735. The zero-order valence-electron chi connectivity index (χ0n) is 10.8. The van der Waals surface area contributed by atoms with E-state index in [4.69, 9.17) is 0 Å². The van der Waals surface area contributed by atoms with Gasteiger partial charge in [0.25, 0.3) is 5.91 Å². The SMILES string of the molecule is CCc1cc(C(=O)Nc2nc3ccccc3s2)ncn1. The highest BCUT2D eigenvalue weighted by atomic mass is 32.1. The number of amides is 1. The number of para-hydroxylation sites is 1. The van der Waals surface area contributed by atoms with Crippen LogP contribution >= 0.6 is 11.3 Å². The van der Waals surface area contributed by atoms with Gasteiger partial charge in [-0.25, -0.2) is 15.0 Å². The maximum atomic E-state index is 12.1. The second kappa shape index (κ2) is 5.34. The molecule has 2 heterocycles. The van der Waals surface area contributed by atoms with Gasteiger partial charge in [0.05, 0.1) is 10.2 Å². The molecule has 0 aliphatic heterocycles. The van der Waals surface area contributed by atoms with Crippen LogP contribution in [0.25, 0.3) is 10.2 Å². The molecule has 0 saturated carbocycles. The average Bonchev–Trinajstić information content (AvgIpc) is 2.89. The molecule has 0 saturated heterocycles.